The van der Waals surface area contributed by atoms with Crippen LogP contribution in [0.15, 0.2) is 344 Å². The summed E-state index contributed by atoms with van der Waals surface area (Å²) in [5.41, 5.74) is 30.3. The zero-order valence-electron chi connectivity index (χ0n) is 54.7. The molecule has 1 heteroatoms. The van der Waals surface area contributed by atoms with Gasteiger partial charge in [0.1, 0.15) is 0 Å². The number of para-hydroxylation sites is 2. The molecule has 456 valence electrons. The molecule has 6 aliphatic carbocycles. The van der Waals surface area contributed by atoms with E-state index in [1.54, 1.807) is 0 Å². The van der Waals surface area contributed by atoms with E-state index < -0.39 is 0 Å². The van der Waals surface area contributed by atoms with Crippen molar-refractivity contribution in [1.82, 2.24) is 0 Å². The SMILES string of the molecule is CC1(C)c2cc(-c3ccc4ccc5cccc6ccc3c4c56)ccc2-c2ccc(-c3ccc4ccc5cccc6ccc3c4c56)cc21.CC1(C)c2cc(C3=C4C=CC5=CC=CC6=CC=C(C=C3)C4C56)ccc2-c2ccc(-c3ccc(N(c4ccccc4)c4ccccc4)cc3)cc21. The maximum absolute atomic E-state index is 2.48. The Morgan fingerprint density at radius 3 is 1.16 bits per heavy atom. The monoisotopic (exact) mass is 1230 g/mol. The summed E-state index contributed by atoms with van der Waals surface area (Å²) in [5.74, 6) is 0.804. The minimum Gasteiger partial charge on any atom is -0.311 e. The Bertz CT molecular complexity index is 5820. The number of fused-ring (bicyclic) bond motifs is 6. The van der Waals surface area contributed by atoms with E-state index in [0.717, 1.165) is 17.1 Å². The first-order valence-corrected chi connectivity index (χ1v) is 34.4. The van der Waals surface area contributed by atoms with Crippen LogP contribution in [-0.2, 0) is 10.8 Å². The molecule has 0 aliphatic heterocycles. The van der Waals surface area contributed by atoms with Gasteiger partial charge in [-0.1, -0.05) is 289 Å². The van der Waals surface area contributed by atoms with Gasteiger partial charge >= 0.3 is 0 Å². The van der Waals surface area contributed by atoms with Crippen LogP contribution < -0.4 is 4.90 Å². The summed E-state index contributed by atoms with van der Waals surface area (Å²) >= 11 is 0. The summed E-state index contributed by atoms with van der Waals surface area (Å²) < 4.78 is 0. The van der Waals surface area contributed by atoms with Crippen molar-refractivity contribution in [2.75, 3.05) is 4.90 Å². The van der Waals surface area contributed by atoms with Crippen molar-refractivity contribution in [2.24, 2.45) is 11.8 Å². The van der Waals surface area contributed by atoms with Crippen LogP contribution in [0.2, 0.25) is 0 Å². The molecule has 0 bridgehead atoms. The highest BCUT2D eigenvalue weighted by atomic mass is 15.1. The average Bonchev–Trinajstić information content (AvgIpc) is 1.71. The van der Waals surface area contributed by atoms with Crippen LogP contribution in [0.4, 0.5) is 17.1 Å². The molecule has 0 radical (unpaired) electrons. The molecular weight excluding hydrogens is 1170 g/mol. The number of hydrogen-bond donors (Lipinski definition) is 0. The Labute approximate surface area is 566 Å². The zero-order valence-corrected chi connectivity index (χ0v) is 54.7. The molecule has 1 nitrogen and oxygen atoms in total. The molecule has 0 N–H and O–H groups in total. The lowest BCUT2D eigenvalue weighted by Crippen LogP contribution is -2.29. The van der Waals surface area contributed by atoms with Gasteiger partial charge in [0.15, 0.2) is 0 Å². The van der Waals surface area contributed by atoms with E-state index in [-0.39, 0.29) is 10.8 Å². The third-order valence-electron chi connectivity index (χ3n) is 22.8. The molecule has 0 heterocycles. The van der Waals surface area contributed by atoms with Crippen molar-refractivity contribution in [3.05, 3.63) is 372 Å². The van der Waals surface area contributed by atoms with Crippen LogP contribution in [0.25, 0.3) is 126 Å². The summed E-state index contributed by atoms with van der Waals surface area (Å²) in [7, 11) is 0. The normalized spacial score (nSPS) is 17.1. The van der Waals surface area contributed by atoms with Gasteiger partial charge in [-0.15, -0.1) is 0 Å². The molecule has 2 unspecified atom stereocenters. The Balaban J connectivity index is 0.000000132. The number of nitrogens with zero attached hydrogens (tertiary/aromatic N) is 1. The van der Waals surface area contributed by atoms with E-state index in [4.69, 9.17) is 0 Å². The highest BCUT2D eigenvalue weighted by Crippen LogP contribution is 2.56. The van der Waals surface area contributed by atoms with Crippen LogP contribution in [0.1, 0.15) is 55.5 Å². The molecule has 97 heavy (non-hydrogen) atoms. The van der Waals surface area contributed by atoms with E-state index in [2.05, 4.69) is 354 Å². The lowest BCUT2D eigenvalue weighted by molar-refractivity contribution is 0.566. The molecule has 6 aliphatic rings. The quantitative estimate of drug-likeness (QED) is 0.144. The maximum atomic E-state index is 2.48. The summed E-state index contributed by atoms with van der Waals surface area (Å²) in [6.45, 7) is 9.59. The summed E-state index contributed by atoms with van der Waals surface area (Å²) in [5, 5.41) is 16.0. The third kappa shape index (κ3) is 8.38. The van der Waals surface area contributed by atoms with Crippen LogP contribution in [0.5, 0.6) is 0 Å². The molecule has 2 atom stereocenters. The molecule has 15 aromatic rings. The van der Waals surface area contributed by atoms with Crippen molar-refractivity contribution in [1.29, 1.82) is 0 Å². The van der Waals surface area contributed by atoms with E-state index >= 15 is 0 Å². The van der Waals surface area contributed by atoms with Gasteiger partial charge in [-0.3, -0.25) is 0 Å². The van der Waals surface area contributed by atoms with Gasteiger partial charge < -0.3 is 4.90 Å². The second-order valence-electron chi connectivity index (χ2n) is 28.6. The van der Waals surface area contributed by atoms with Crippen molar-refractivity contribution in [3.63, 3.8) is 0 Å². The maximum Gasteiger partial charge on any atom is 0.0462 e. The smallest absolute Gasteiger partial charge is 0.0462 e. The van der Waals surface area contributed by atoms with Gasteiger partial charge in [-0.05, 0) is 237 Å². The van der Waals surface area contributed by atoms with Gasteiger partial charge in [-0.25, -0.2) is 0 Å². The zero-order chi connectivity index (χ0) is 64.4. The molecule has 21 rings (SSSR count). The van der Waals surface area contributed by atoms with Crippen molar-refractivity contribution in [2.45, 2.75) is 38.5 Å². The van der Waals surface area contributed by atoms with E-state index in [0.29, 0.717) is 11.8 Å². The van der Waals surface area contributed by atoms with Gasteiger partial charge in [0.05, 0.1) is 0 Å². The fraction of sp³-hybridized carbons (Fsp3) is 0.0833. The third-order valence-corrected chi connectivity index (χ3v) is 22.8. The van der Waals surface area contributed by atoms with E-state index in [9.17, 15) is 0 Å². The Morgan fingerprint density at radius 2 is 0.649 bits per heavy atom. The van der Waals surface area contributed by atoms with Crippen LogP contribution in [0.3, 0.4) is 0 Å². The van der Waals surface area contributed by atoms with Gasteiger partial charge in [-0.2, -0.15) is 0 Å². The fourth-order valence-corrected chi connectivity index (χ4v) is 18.0. The fourth-order valence-electron chi connectivity index (χ4n) is 18.0. The first kappa shape index (κ1) is 55.8. The summed E-state index contributed by atoms with van der Waals surface area (Å²) in [6, 6.07) is 99.7. The van der Waals surface area contributed by atoms with Crippen LogP contribution in [-0.4, -0.2) is 0 Å². The second-order valence-corrected chi connectivity index (χ2v) is 28.6. The van der Waals surface area contributed by atoms with Crippen LogP contribution in [0, 0.1) is 11.8 Å². The lowest BCUT2D eigenvalue weighted by Gasteiger charge is -2.40. The molecule has 0 amide bonds. The molecule has 0 fully saturated rings. The molecule has 0 spiro atoms. The van der Waals surface area contributed by atoms with Gasteiger partial charge in [0.25, 0.3) is 0 Å². The van der Waals surface area contributed by atoms with Crippen molar-refractivity contribution < 1.29 is 0 Å². The first-order valence-electron chi connectivity index (χ1n) is 34.4. The lowest BCUT2D eigenvalue weighted by atomic mass is 9.63. The average molecular weight is 1230 g/mol. The number of rotatable bonds is 7. The summed E-state index contributed by atoms with van der Waals surface area (Å²) in [6.07, 6.45) is 20.8. The molecule has 0 saturated carbocycles. The Kier molecular flexibility index (Phi) is 12.0. The number of hydrogen-bond acceptors (Lipinski definition) is 1. The highest BCUT2D eigenvalue weighted by molar-refractivity contribution is 6.27. The standard InChI is InChI=1S/C49H37N.C47H30/c1-49(2)45-30-36(32-18-24-40(25-19-32)50(38-12-5-3-6-13-38)39-14-7-4-8-15-39)22-27-42(45)43-28-23-37(31-46(43)49)41-26-20-35-17-16-33-10-9-11-34-21-29-44(41)48(35)47(33)34;1-47(2)41-25-33(35-19-13-31-11-9-27-5-3-7-29-15-23-39(35)45(31)43(27)29)17-21-37(41)38-22-18-34(26-42(38)47)36-20-14-32-12-10-28-6-4-8-30-16-24-40(36)46(32)44(28)30/h3-31,47-48H,1-2H3;3-26H,1-2H3. The molecule has 0 aromatic heterocycles. The predicted octanol–water partition coefficient (Wildman–Crippen LogP) is 25.7. The van der Waals surface area contributed by atoms with Gasteiger partial charge in [0.2, 0.25) is 0 Å². The number of benzene rings is 15. The largest absolute Gasteiger partial charge is 0.311 e. The molecular formula is C96H67N. The Hall–Kier alpha value is -11.6. The first-order chi connectivity index (χ1) is 47.6. The van der Waals surface area contributed by atoms with Crippen molar-refractivity contribution in [3.8, 4) is 55.6 Å². The summed E-state index contributed by atoms with van der Waals surface area (Å²) in [4.78, 5) is 2.31. The van der Waals surface area contributed by atoms with E-state index in [1.165, 1.54) is 176 Å². The number of anilines is 3. The van der Waals surface area contributed by atoms with E-state index in [1.807, 2.05) is 0 Å². The topological polar surface area (TPSA) is 3.24 Å². The second kappa shape index (κ2) is 20.9. The molecule has 15 aromatic carbocycles. The van der Waals surface area contributed by atoms with Crippen LogP contribution >= 0.6 is 0 Å². The van der Waals surface area contributed by atoms with Crippen molar-refractivity contribution >= 4 is 87.3 Å². The van der Waals surface area contributed by atoms with Gasteiger partial charge in [0, 0.05) is 39.7 Å². The minimum atomic E-state index is -0.121. The minimum absolute atomic E-state index is 0.115. The number of allylic oxidation sites excluding steroid dienone is 14. The molecule has 0 saturated heterocycles. The highest BCUT2D eigenvalue weighted by Gasteiger charge is 2.41. The predicted molar refractivity (Wildman–Crippen MR) is 412 cm³/mol. The Morgan fingerprint density at radius 1 is 0.268 bits per heavy atom.